The molecule has 0 aliphatic carbocycles. The summed E-state index contributed by atoms with van der Waals surface area (Å²) in [4.78, 5) is 0. The summed E-state index contributed by atoms with van der Waals surface area (Å²) in [5.41, 5.74) is 1.31. The predicted octanol–water partition coefficient (Wildman–Crippen LogP) is 3.57. The van der Waals surface area contributed by atoms with E-state index in [0.717, 1.165) is 30.9 Å². The molecule has 1 heterocycles. The lowest BCUT2D eigenvalue weighted by atomic mass is 10.1. The molecule has 0 fully saturated rings. The van der Waals surface area contributed by atoms with Crippen molar-refractivity contribution in [1.29, 1.82) is 0 Å². The molecule has 1 aromatic heterocycles. The maximum atomic E-state index is 5.44. The molecule has 0 aliphatic heterocycles. The number of rotatable bonds is 7. The van der Waals surface area contributed by atoms with Crippen molar-refractivity contribution in [2.24, 2.45) is 0 Å². The fourth-order valence-electron chi connectivity index (χ4n) is 2.12. The van der Waals surface area contributed by atoms with Gasteiger partial charge in [0, 0.05) is 0 Å². The molecule has 1 aromatic carbocycles. The first-order valence-corrected chi connectivity index (χ1v) is 6.73. The number of nitrogens with one attached hydrogen (secondary N) is 1. The number of hydrogen-bond acceptors (Lipinski definition) is 3. The van der Waals surface area contributed by atoms with Crippen molar-refractivity contribution in [3.05, 3.63) is 54.0 Å². The van der Waals surface area contributed by atoms with Crippen LogP contribution in [0.15, 0.2) is 47.1 Å². The van der Waals surface area contributed by atoms with Gasteiger partial charge in [-0.1, -0.05) is 19.1 Å². The van der Waals surface area contributed by atoms with Crippen LogP contribution in [0.2, 0.25) is 0 Å². The van der Waals surface area contributed by atoms with Crippen LogP contribution in [-0.4, -0.2) is 13.7 Å². The van der Waals surface area contributed by atoms with E-state index in [2.05, 4.69) is 24.4 Å². The van der Waals surface area contributed by atoms with Gasteiger partial charge < -0.3 is 14.5 Å². The predicted molar refractivity (Wildman–Crippen MR) is 76.4 cm³/mol. The molecule has 0 saturated carbocycles. The Kier molecular flexibility index (Phi) is 5.04. The maximum absolute atomic E-state index is 5.44. The highest BCUT2D eigenvalue weighted by Gasteiger charge is 2.10. The summed E-state index contributed by atoms with van der Waals surface area (Å²) in [7, 11) is 1.69. The molecule has 0 amide bonds. The van der Waals surface area contributed by atoms with Crippen molar-refractivity contribution in [3.8, 4) is 5.75 Å². The largest absolute Gasteiger partial charge is 0.497 e. The summed E-state index contributed by atoms with van der Waals surface area (Å²) < 4.78 is 10.6. The quantitative estimate of drug-likeness (QED) is 0.825. The normalized spacial score (nSPS) is 12.3. The SMILES string of the molecule is CCC(NCCc1ccc(OC)cc1)c1ccco1. The summed E-state index contributed by atoms with van der Waals surface area (Å²) in [5.74, 6) is 1.91. The van der Waals surface area contributed by atoms with Gasteiger partial charge in [-0.2, -0.15) is 0 Å². The molecule has 1 unspecified atom stereocenters. The molecule has 2 rings (SSSR count). The lowest BCUT2D eigenvalue weighted by Gasteiger charge is -2.14. The van der Waals surface area contributed by atoms with E-state index in [0.29, 0.717) is 6.04 Å². The minimum absolute atomic E-state index is 0.299. The van der Waals surface area contributed by atoms with Crippen LogP contribution in [0, 0.1) is 0 Å². The van der Waals surface area contributed by atoms with Crippen molar-refractivity contribution in [3.63, 3.8) is 0 Å². The molecule has 102 valence electrons. The number of methoxy groups -OCH3 is 1. The van der Waals surface area contributed by atoms with Crippen LogP contribution in [0.1, 0.15) is 30.7 Å². The van der Waals surface area contributed by atoms with Crippen molar-refractivity contribution >= 4 is 0 Å². The van der Waals surface area contributed by atoms with E-state index >= 15 is 0 Å². The highest BCUT2D eigenvalue weighted by atomic mass is 16.5. The van der Waals surface area contributed by atoms with E-state index < -0.39 is 0 Å². The molecule has 0 bridgehead atoms. The molecule has 1 atom stereocenters. The van der Waals surface area contributed by atoms with Gasteiger partial charge in [-0.15, -0.1) is 0 Å². The molecule has 3 nitrogen and oxygen atoms in total. The fraction of sp³-hybridized carbons (Fsp3) is 0.375. The van der Waals surface area contributed by atoms with Crippen LogP contribution in [0.4, 0.5) is 0 Å². The standard InChI is InChI=1S/C16H21NO2/c1-3-15(16-5-4-12-19-16)17-11-10-13-6-8-14(18-2)9-7-13/h4-9,12,15,17H,3,10-11H2,1-2H3. The van der Waals surface area contributed by atoms with Gasteiger partial charge in [0.2, 0.25) is 0 Å². The Balaban J connectivity index is 1.81. The zero-order valence-electron chi connectivity index (χ0n) is 11.6. The van der Waals surface area contributed by atoms with Crippen molar-refractivity contribution in [2.45, 2.75) is 25.8 Å². The van der Waals surface area contributed by atoms with Crippen LogP contribution >= 0.6 is 0 Å². The molecule has 0 spiro atoms. The van der Waals surface area contributed by atoms with Gasteiger partial charge in [0.1, 0.15) is 11.5 Å². The van der Waals surface area contributed by atoms with E-state index in [1.807, 2.05) is 24.3 Å². The number of hydrogen-bond donors (Lipinski definition) is 1. The number of benzene rings is 1. The van der Waals surface area contributed by atoms with E-state index in [1.165, 1.54) is 5.56 Å². The van der Waals surface area contributed by atoms with Crippen LogP contribution in [0.3, 0.4) is 0 Å². The highest BCUT2D eigenvalue weighted by molar-refractivity contribution is 5.27. The van der Waals surface area contributed by atoms with Crippen LogP contribution < -0.4 is 10.1 Å². The first kappa shape index (κ1) is 13.7. The average molecular weight is 259 g/mol. The summed E-state index contributed by atoms with van der Waals surface area (Å²) in [6.45, 7) is 3.10. The third kappa shape index (κ3) is 3.86. The zero-order chi connectivity index (χ0) is 13.5. The molecule has 0 aliphatic rings. The lowest BCUT2D eigenvalue weighted by Crippen LogP contribution is -2.22. The Hall–Kier alpha value is -1.74. The van der Waals surface area contributed by atoms with E-state index in [-0.39, 0.29) is 0 Å². The van der Waals surface area contributed by atoms with Gasteiger partial charge in [0.05, 0.1) is 19.4 Å². The van der Waals surface area contributed by atoms with E-state index in [4.69, 9.17) is 9.15 Å². The lowest BCUT2D eigenvalue weighted by molar-refractivity contribution is 0.406. The Bertz CT molecular complexity index is 462. The minimum Gasteiger partial charge on any atom is -0.497 e. The molecule has 19 heavy (non-hydrogen) atoms. The molecule has 0 saturated heterocycles. The Morgan fingerprint density at radius 3 is 2.58 bits per heavy atom. The Morgan fingerprint density at radius 1 is 1.21 bits per heavy atom. The second-order valence-corrected chi connectivity index (χ2v) is 4.53. The second kappa shape index (κ2) is 7.00. The monoisotopic (exact) mass is 259 g/mol. The number of furan rings is 1. The van der Waals surface area contributed by atoms with Gasteiger partial charge in [-0.3, -0.25) is 0 Å². The van der Waals surface area contributed by atoms with Crippen molar-refractivity contribution in [2.75, 3.05) is 13.7 Å². The van der Waals surface area contributed by atoms with Gasteiger partial charge in [0.25, 0.3) is 0 Å². The third-order valence-corrected chi connectivity index (χ3v) is 3.26. The first-order chi connectivity index (χ1) is 9.33. The molecule has 2 aromatic rings. The fourth-order valence-corrected chi connectivity index (χ4v) is 2.12. The average Bonchev–Trinajstić information content (AvgIpc) is 2.98. The molecule has 1 N–H and O–H groups in total. The number of ether oxygens (including phenoxy) is 1. The summed E-state index contributed by atoms with van der Waals surface area (Å²) in [6.07, 6.45) is 3.75. The van der Waals surface area contributed by atoms with Gasteiger partial charge in [-0.05, 0) is 49.2 Å². The van der Waals surface area contributed by atoms with Gasteiger partial charge in [0.15, 0.2) is 0 Å². The summed E-state index contributed by atoms with van der Waals surface area (Å²) >= 11 is 0. The van der Waals surface area contributed by atoms with Crippen molar-refractivity contribution in [1.82, 2.24) is 5.32 Å². The van der Waals surface area contributed by atoms with Crippen LogP contribution in [-0.2, 0) is 6.42 Å². The van der Waals surface area contributed by atoms with Gasteiger partial charge >= 0.3 is 0 Å². The highest BCUT2D eigenvalue weighted by Crippen LogP contribution is 2.17. The second-order valence-electron chi connectivity index (χ2n) is 4.53. The maximum Gasteiger partial charge on any atom is 0.120 e. The van der Waals surface area contributed by atoms with Crippen LogP contribution in [0.25, 0.3) is 0 Å². The summed E-state index contributed by atoms with van der Waals surface area (Å²) in [5, 5.41) is 3.52. The molecule has 0 radical (unpaired) electrons. The first-order valence-electron chi connectivity index (χ1n) is 6.73. The third-order valence-electron chi connectivity index (χ3n) is 3.26. The molecule has 3 heteroatoms. The zero-order valence-corrected chi connectivity index (χ0v) is 11.6. The smallest absolute Gasteiger partial charge is 0.120 e. The Morgan fingerprint density at radius 2 is 2.00 bits per heavy atom. The topological polar surface area (TPSA) is 34.4 Å². The van der Waals surface area contributed by atoms with Gasteiger partial charge in [-0.25, -0.2) is 0 Å². The molecular formula is C16H21NO2. The summed E-state index contributed by atoms with van der Waals surface area (Å²) in [6, 6.07) is 12.5. The van der Waals surface area contributed by atoms with Crippen molar-refractivity contribution < 1.29 is 9.15 Å². The Labute approximate surface area is 114 Å². The van der Waals surface area contributed by atoms with E-state index in [9.17, 15) is 0 Å². The van der Waals surface area contributed by atoms with Crippen LogP contribution in [0.5, 0.6) is 5.75 Å². The van der Waals surface area contributed by atoms with E-state index in [1.54, 1.807) is 13.4 Å². The molecular weight excluding hydrogens is 238 g/mol. The minimum atomic E-state index is 0.299.